The van der Waals surface area contributed by atoms with Crippen LogP contribution in [-0.2, 0) is 15.8 Å². The van der Waals surface area contributed by atoms with Gasteiger partial charge in [0.2, 0.25) is 10.0 Å². The van der Waals surface area contributed by atoms with Gasteiger partial charge in [-0.1, -0.05) is 24.3 Å². The fourth-order valence-corrected chi connectivity index (χ4v) is 3.03. The number of para-hydroxylation sites is 2. The number of methoxy groups -OCH3 is 1. The molecule has 106 valence electrons. The second kappa shape index (κ2) is 5.83. The van der Waals surface area contributed by atoms with Crippen LogP contribution in [0.4, 0.5) is 11.4 Å². The van der Waals surface area contributed by atoms with E-state index in [0.29, 0.717) is 22.7 Å². The van der Waals surface area contributed by atoms with E-state index in [1.54, 1.807) is 48.5 Å². The Labute approximate surface area is 118 Å². The first-order valence-corrected chi connectivity index (χ1v) is 7.63. The minimum absolute atomic E-state index is 0.143. The molecule has 0 unspecified atom stereocenters. The fourth-order valence-electron chi connectivity index (χ4n) is 1.83. The highest BCUT2D eigenvalue weighted by Crippen LogP contribution is 2.25. The summed E-state index contributed by atoms with van der Waals surface area (Å²) in [6.07, 6.45) is 0. The van der Waals surface area contributed by atoms with Gasteiger partial charge in [-0.3, -0.25) is 4.72 Å². The molecule has 0 aliphatic rings. The van der Waals surface area contributed by atoms with Gasteiger partial charge < -0.3 is 10.5 Å². The maximum absolute atomic E-state index is 12.1. The SMILES string of the molecule is COc1ccccc1NS(=O)(=O)Cc1cccc(N)c1. The molecule has 0 fully saturated rings. The number of nitrogen functional groups attached to an aromatic ring is 1. The molecule has 0 aromatic heterocycles. The van der Waals surface area contributed by atoms with Crippen LogP contribution in [0.2, 0.25) is 0 Å². The van der Waals surface area contributed by atoms with Crippen LogP contribution in [0.1, 0.15) is 5.56 Å². The maximum Gasteiger partial charge on any atom is 0.237 e. The van der Waals surface area contributed by atoms with Crippen LogP contribution in [-0.4, -0.2) is 15.5 Å². The van der Waals surface area contributed by atoms with Crippen LogP contribution < -0.4 is 15.2 Å². The summed E-state index contributed by atoms with van der Waals surface area (Å²) in [5.41, 5.74) is 7.22. The van der Waals surface area contributed by atoms with Crippen LogP contribution >= 0.6 is 0 Å². The van der Waals surface area contributed by atoms with Crippen molar-refractivity contribution in [2.75, 3.05) is 17.6 Å². The van der Waals surface area contributed by atoms with Gasteiger partial charge in [0.25, 0.3) is 0 Å². The van der Waals surface area contributed by atoms with Crippen molar-refractivity contribution >= 4 is 21.4 Å². The number of nitrogens with one attached hydrogen (secondary N) is 1. The Morgan fingerprint density at radius 3 is 2.60 bits per heavy atom. The van der Waals surface area contributed by atoms with E-state index < -0.39 is 10.0 Å². The molecule has 0 aliphatic carbocycles. The molecule has 2 aromatic carbocycles. The summed E-state index contributed by atoms with van der Waals surface area (Å²) < 4.78 is 31.9. The first-order chi connectivity index (χ1) is 9.50. The summed E-state index contributed by atoms with van der Waals surface area (Å²) >= 11 is 0. The number of anilines is 2. The Bertz CT molecular complexity index is 699. The molecule has 2 aromatic rings. The molecule has 0 saturated carbocycles. The average molecular weight is 292 g/mol. The van der Waals surface area contributed by atoms with Crippen molar-refractivity contribution in [1.82, 2.24) is 0 Å². The average Bonchev–Trinajstić information content (AvgIpc) is 2.38. The highest BCUT2D eigenvalue weighted by Gasteiger charge is 2.14. The van der Waals surface area contributed by atoms with Gasteiger partial charge in [-0.05, 0) is 29.8 Å². The number of rotatable bonds is 5. The number of hydrogen-bond acceptors (Lipinski definition) is 4. The zero-order valence-electron chi connectivity index (χ0n) is 11.0. The van der Waals surface area contributed by atoms with E-state index in [0.717, 1.165) is 0 Å². The minimum Gasteiger partial charge on any atom is -0.495 e. The molecule has 0 amide bonds. The summed E-state index contributed by atoms with van der Waals surface area (Å²) in [7, 11) is -2.03. The Balaban J connectivity index is 2.19. The molecule has 0 atom stereocenters. The second-order valence-corrected chi connectivity index (χ2v) is 6.03. The van der Waals surface area contributed by atoms with Crippen LogP contribution in [0.5, 0.6) is 5.75 Å². The largest absolute Gasteiger partial charge is 0.495 e. The van der Waals surface area contributed by atoms with Crippen molar-refractivity contribution in [2.45, 2.75) is 5.75 Å². The second-order valence-electron chi connectivity index (χ2n) is 4.31. The van der Waals surface area contributed by atoms with E-state index in [-0.39, 0.29) is 5.75 Å². The van der Waals surface area contributed by atoms with E-state index in [2.05, 4.69) is 4.72 Å². The zero-order chi connectivity index (χ0) is 14.6. The van der Waals surface area contributed by atoms with E-state index in [4.69, 9.17) is 10.5 Å². The predicted octanol–water partition coefficient (Wildman–Crippen LogP) is 2.22. The lowest BCUT2D eigenvalue weighted by molar-refractivity contribution is 0.417. The van der Waals surface area contributed by atoms with Gasteiger partial charge in [0, 0.05) is 5.69 Å². The number of nitrogens with two attached hydrogens (primary N) is 1. The number of ether oxygens (including phenoxy) is 1. The normalized spacial score (nSPS) is 11.1. The molecule has 0 aliphatic heterocycles. The van der Waals surface area contributed by atoms with E-state index in [1.165, 1.54) is 7.11 Å². The topological polar surface area (TPSA) is 81.4 Å². The summed E-state index contributed by atoms with van der Waals surface area (Å²) in [6.45, 7) is 0. The third kappa shape index (κ3) is 3.64. The lowest BCUT2D eigenvalue weighted by Crippen LogP contribution is -2.15. The molecule has 0 spiro atoms. The first kappa shape index (κ1) is 14.2. The van der Waals surface area contributed by atoms with Crippen molar-refractivity contribution in [1.29, 1.82) is 0 Å². The molecule has 20 heavy (non-hydrogen) atoms. The molecule has 0 heterocycles. The number of benzene rings is 2. The van der Waals surface area contributed by atoms with Gasteiger partial charge in [0.05, 0.1) is 18.6 Å². The number of hydrogen-bond donors (Lipinski definition) is 2. The maximum atomic E-state index is 12.1. The molecule has 0 saturated heterocycles. The van der Waals surface area contributed by atoms with Crippen LogP contribution in [0.25, 0.3) is 0 Å². The quantitative estimate of drug-likeness (QED) is 0.828. The Kier molecular flexibility index (Phi) is 4.14. The molecule has 0 radical (unpaired) electrons. The van der Waals surface area contributed by atoms with Crippen molar-refractivity contribution in [2.24, 2.45) is 0 Å². The van der Waals surface area contributed by atoms with E-state index in [1.807, 2.05) is 0 Å². The smallest absolute Gasteiger partial charge is 0.237 e. The van der Waals surface area contributed by atoms with Gasteiger partial charge in [0.15, 0.2) is 0 Å². The summed E-state index contributed by atoms with van der Waals surface area (Å²) in [5.74, 6) is 0.333. The lowest BCUT2D eigenvalue weighted by atomic mass is 10.2. The molecule has 6 heteroatoms. The molecular formula is C14H16N2O3S. The zero-order valence-corrected chi connectivity index (χ0v) is 11.9. The first-order valence-electron chi connectivity index (χ1n) is 5.98. The molecule has 5 nitrogen and oxygen atoms in total. The molecule has 2 rings (SSSR count). The van der Waals surface area contributed by atoms with Gasteiger partial charge in [-0.15, -0.1) is 0 Å². The van der Waals surface area contributed by atoms with Gasteiger partial charge in [-0.25, -0.2) is 8.42 Å². The molecule has 3 N–H and O–H groups in total. The van der Waals surface area contributed by atoms with Gasteiger partial charge in [0.1, 0.15) is 5.75 Å². The highest BCUT2D eigenvalue weighted by atomic mass is 32.2. The predicted molar refractivity (Wildman–Crippen MR) is 80.1 cm³/mol. The molecule has 0 bridgehead atoms. The van der Waals surface area contributed by atoms with Crippen LogP contribution in [0.15, 0.2) is 48.5 Å². The third-order valence-electron chi connectivity index (χ3n) is 2.68. The fraction of sp³-hybridized carbons (Fsp3) is 0.143. The highest BCUT2D eigenvalue weighted by molar-refractivity contribution is 7.91. The third-order valence-corrected chi connectivity index (χ3v) is 3.92. The van der Waals surface area contributed by atoms with E-state index >= 15 is 0 Å². The summed E-state index contributed by atoms with van der Waals surface area (Å²) in [6, 6.07) is 13.6. The van der Waals surface area contributed by atoms with Crippen molar-refractivity contribution < 1.29 is 13.2 Å². The van der Waals surface area contributed by atoms with Crippen LogP contribution in [0.3, 0.4) is 0 Å². The van der Waals surface area contributed by atoms with Gasteiger partial charge >= 0.3 is 0 Å². The van der Waals surface area contributed by atoms with Crippen LogP contribution in [0, 0.1) is 0 Å². The number of sulfonamides is 1. The Hall–Kier alpha value is -2.21. The summed E-state index contributed by atoms with van der Waals surface area (Å²) in [5, 5.41) is 0. The van der Waals surface area contributed by atoms with Gasteiger partial charge in [-0.2, -0.15) is 0 Å². The van der Waals surface area contributed by atoms with Crippen molar-refractivity contribution in [3.8, 4) is 5.75 Å². The standard InChI is InChI=1S/C14H16N2O3S/c1-19-14-8-3-2-7-13(14)16-20(17,18)10-11-5-4-6-12(15)9-11/h2-9,16H,10,15H2,1H3. The molecular weight excluding hydrogens is 276 g/mol. The monoisotopic (exact) mass is 292 g/mol. The summed E-state index contributed by atoms with van der Waals surface area (Å²) in [4.78, 5) is 0. The lowest BCUT2D eigenvalue weighted by Gasteiger charge is -2.11. The van der Waals surface area contributed by atoms with Crippen molar-refractivity contribution in [3.05, 3.63) is 54.1 Å². The Morgan fingerprint density at radius 2 is 1.90 bits per heavy atom. The van der Waals surface area contributed by atoms with E-state index in [9.17, 15) is 8.42 Å². The Morgan fingerprint density at radius 1 is 1.15 bits per heavy atom. The minimum atomic E-state index is -3.52. The van der Waals surface area contributed by atoms with Crippen molar-refractivity contribution in [3.63, 3.8) is 0 Å².